The van der Waals surface area contributed by atoms with Crippen molar-refractivity contribution in [3.63, 3.8) is 0 Å². The molecule has 3 aromatic heterocycles. The fourth-order valence-electron chi connectivity index (χ4n) is 4.52. The molecule has 12 nitrogen and oxygen atoms in total. The summed E-state index contributed by atoms with van der Waals surface area (Å²) in [6.45, 7) is 2.61. The van der Waals surface area contributed by atoms with Crippen LogP contribution in [-0.2, 0) is 14.8 Å². The Hall–Kier alpha value is -3.58. The van der Waals surface area contributed by atoms with Gasteiger partial charge in [0.15, 0.2) is 0 Å². The fourth-order valence-corrected chi connectivity index (χ4v) is 4.97. The van der Waals surface area contributed by atoms with E-state index in [4.69, 9.17) is 14.5 Å². The number of carbonyl (C=O) groups excluding carboxylic acids is 1. The zero-order valence-corrected chi connectivity index (χ0v) is 21.3. The Morgan fingerprint density at radius 3 is 2.51 bits per heavy atom. The Morgan fingerprint density at radius 2 is 1.81 bits per heavy atom. The molecule has 2 aliphatic rings. The molecule has 196 valence electrons. The van der Waals surface area contributed by atoms with Crippen molar-refractivity contribution in [1.29, 1.82) is 0 Å². The summed E-state index contributed by atoms with van der Waals surface area (Å²) in [6.07, 6.45) is 9.00. The van der Waals surface area contributed by atoms with E-state index in [1.165, 1.54) is 6.20 Å². The summed E-state index contributed by atoms with van der Waals surface area (Å²) >= 11 is 0. The topological polar surface area (TPSA) is 149 Å². The van der Waals surface area contributed by atoms with Gasteiger partial charge in [0.05, 0.1) is 35.9 Å². The van der Waals surface area contributed by atoms with E-state index in [-0.39, 0.29) is 17.7 Å². The van der Waals surface area contributed by atoms with Gasteiger partial charge in [-0.25, -0.2) is 23.1 Å². The molecule has 1 amide bonds. The highest BCUT2D eigenvalue weighted by Crippen LogP contribution is 2.32. The van der Waals surface area contributed by atoms with Crippen LogP contribution < -0.4 is 19.7 Å². The van der Waals surface area contributed by atoms with Crippen LogP contribution in [0.25, 0.3) is 10.9 Å². The lowest BCUT2D eigenvalue weighted by atomic mass is 9.93. The first-order valence-corrected chi connectivity index (χ1v) is 14.1. The van der Waals surface area contributed by atoms with Crippen molar-refractivity contribution in [2.24, 2.45) is 0 Å². The van der Waals surface area contributed by atoms with E-state index in [0.717, 1.165) is 37.8 Å². The molecule has 1 aliphatic carbocycles. The van der Waals surface area contributed by atoms with Crippen molar-refractivity contribution in [2.45, 2.75) is 37.8 Å². The van der Waals surface area contributed by atoms with Gasteiger partial charge in [-0.05, 0) is 37.8 Å². The first-order valence-electron chi connectivity index (χ1n) is 12.2. The molecule has 0 radical (unpaired) electrons. The number of fused-ring (bicyclic) bond motifs is 1. The minimum absolute atomic E-state index is 0.0705. The molecule has 13 heteroatoms. The number of nitrogens with one attached hydrogen (secondary N) is 2. The number of carbonyl (C=O) groups is 1. The third-order valence-corrected chi connectivity index (χ3v) is 6.91. The normalized spacial score (nSPS) is 20.4. The minimum Gasteiger partial charge on any atom is -0.474 e. The number of morpholine rings is 1. The first-order chi connectivity index (χ1) is 17.8. The van der Waals surface area contributed by atoms with Crippen LogP contribution in [0.5, 0.6) is 5.88 Å². The van der Waals surface area contributed by atoms with E-state index >= 15 is 0 Å². The van der Waals surface area contributed by atoms with Gasteiger partial charge in [-0.1, -0.05) is 0 Å². The molecule has 0 bridgehead atoms. The molecule has 0 spiro atoms. The molecular formula is C24H29N7O5S. The highest BCUT2D eigenvalue weighted by atomic mass is 32.2. The molecule has 4 heterocycles. The zero-order valence-electron chi connectivity index (χ0n) is 20.5. The first kappa shape index (κ1) is 25.1. The van der Waals surface area contributed by atoms with Gasteiger partial charge in [0.1, 0.15) is 11.9 Å². The van der Waals surface area contributed by atoms with Crippen LogP contribution in [0.3, 0.4) is 0 Å². The summed E-state index contributed by atoms with van der Waals surface area (Å²) in [7, 11) is -3.71. The van der Waals surface area contributed by atoms with E-state index in [1.54, 1.807) is 24.5 Å². The molecule has 2 fully saturated rings. The Morgan fingerprint density at radius 1 is 1.08 bits per heavy atom. The number of amides is 1. The van der Waals surface area contributed by atoms with Crippen molar-refractivity contribution in [1.82, 2.24) is 24.7 Å². The largest absolute Gasteiger partial charge is 0.474 e. The molecule has 1 saturated carbocycles. The van der Waals surface area contributed by atoms with Crippen molar-refractivity contribution in [2.75, 3.05) is 42.8 Å². The molecule has 0 aromatic carbocycles. The number of ether oxygens (including phenoxy) is 2. The standard InChI is InChI=1S/C24H29N7O5S/c1-37(33,34)30-22(32)16-13-19-20(27-15-16)14-21(31-9-11-35-12-10-31)29-23(19)36-18-5-3-17(4-6-18)28-24-25-7-2-8-26-24/h2,7-8,13-15,17-18H,3-6,9-12H2,1H3,(H,30,32)(H,25,26,28). The third kappa shape index (κ3) is 6.41. The average molecular weight is 528 g/mol. The monoisotopic (exact) mass is 527 g/mol. The van der Waals surface area contributed by atoms with Gasteiger partial charge in [0.25, 0.3) is 5.91 Å². The number of hydrogen-bond acceptors (Lipinski definition) is 11. The van der Waals surface area contributed by atoms with Crippen LogP contribution in [0.4, 0.5) is 11.8 Å². The number of sulfonamides is 1. The van der Waals surface area contributed by atoms with Gasteiger partial charge in [-0.2, -0.15) is 4.98 Å². The van der Waals surface area contributed by atoms with E-state index in [0.29, 0.717) is 49.0 Å². The fraction of sp³-hybridized carbons (Fsp3) is 0.458. The highest BCUT2D eigenvalue weighted by molar-refractivity contribution is 7.89. The molecular weight excluding hydrogens is 498 g/mol. The lowest BCUT2D eigenvalue weighted by molar-refractivity contribution is 0.0981. The molecule has 1 saturated heterocycles. The number of pyridine rings is 2. The molecule has 0 atom stereocenters. The summed E-state index contributed by atoms with van der Waals surface area (Å²) in [5.41, 5.74) is 0.721. The lowest BCUT2D eigenvalue weighted by Crippen LogP contribution is -2.37. The van der Waals surface area contributed by atoms with Crippen molar-refractivity contribution in [3.05, 3.63) is 42.4 Å². The Balaban J connectivity index is 1.38. The van der Waals surface area contributed by atoms with E-state index in [9.17, 15) is 13.2 Å². The number of anilines is 2. The number of nitrogens with zero attached hydrogens (tertiary/aromatic N) is 5. The SMILES string of the molecule is CS(=O)(=O)NC(=O)c1cnc2cc(N3CCOCC3)nc(OC3CCC(Nc4ncccn4)CC3)c2c1. The average Bonchev–Trinajstić information content (AvgIpc) is 2.89. The van der Waals surface area contributed by atoms with Gasteiger partial charge in [-0.15, -0.1) is 0 Å². The minimum atomic E-state index is -3.71. The summed E-state index contributed by atoms with van der Waals surface area (Å²) in [5.74, 6) is 0.963. The van der Waals surface area contributed by atoms with E-state index < -0.39 is 15.9 Å². The van der Waals surface area contributed by atoms with Gasteiger partial charge < -0.3 is 19.7 Å². The van der Waals surface area contributed by atoms with Crippen LogP contribution in [-0.4, -0.2) is 79.0 Å². The molecule has 0 unspecified atom stereocenters. The maximum atomic E-state index is 12.5. The Bertz CT molecular complexity index is 1360. The molecule has 1 aliphatic heterocycles. The maximum absolute atomic E-state index is 12.5. The predicted molar refractivity (Wildman–Crippen MR) is 137 cm³/mol. The smallest absolute Gasteiger partial charge is 0.266 e. The lowest BCUT2D eigenvalue weighted by Gasteiger charge is -2.31. The number of hydrogen-bond donors (Lipinski definition) is 2. The van der Waals surface area contributed by atoms with Crippen LogP contribution in [0.15, 0.2) is 36.8 Å². The van der Waals surface area contributed by atoms with Gasteiger partial charge in [0.2, 0.25) is 21.9 Å². The quantitative estimate of drug-likeness (QED) is 0.463. The predicted octanol–water partition coefficient (Wildman–Crippen LogP) is 1.75. The molecule has 2 N–H and O–H groups in total. The van der Waals surface area contributed by atoms with Crippen LogP contribution in [0, 0.1) is 0 Å². The number of rotatable bonds is 7. The van der Waals surface area contributed by atoms with Crippen molar-refractivity contribution in [3.8, 4) is 5.88 Å². The van der Waals surface area contributed by atoms with Crippen molar-refractivity contribution < 1.29 is 22.7 Å². The zero-order chi connectivity index (χ0) is 25.8. The van der Waals surface area contributed by atoms with Crippen LogP contribution >= 0.6 is 0 Å². The second-order valence-electron chi connectivity index (χ2n) is 9.19. The van der Waals surface area contributed by atoms with Gasteiger partial charge >= 0.3 is 0 Å². The molecule has 3 aromatic rings. The summed E-state index contributed by atoms with van der Waals surface area (Å²) in [4.78, 5) is 32.3. The van der Waals surface area contributed by atoms with Crippen LogP contribution in [0.1, 0.15) is 36.0 Å². The highest BCUT2D eigenvalue weighted by Gasteiger charge is 2.25. The molecule has 37 heavy (non-hydrogen) atoms. The summed E-state index contributed by atoms with van der Waals surface area (Å²) < 4.78 is 37.0. The second kappa shape index (κ2) is 10.8. The Labute approximate surface area is 214 Å². The second-order valence-corrected chi connectivity index (χ2v) is 10.9. The van der Waals surface area contributed by atoms with Gasteiger partial charge in [-0.3, -0.25) is 9.78 Å². The molecule has 5 rings (SSSR count). The van der Waals surface area contributed by atoms with Gasteiger partial charge in [0, 0.05) is 43.8 Å². The third-order valence-electron chi connectivity index (χ3n) is 6.36. The van der Waals surface area contributed by atoms with E-state index in [1.807, 2.05) is 10.8 Å². The Kier molecular flexibility index (Phi) is 7.33. The summed E-state index contributed by atoms with van der Waals surface area (Å²) in [5, 5.41) is 3.92. The number of aromatic nitrogens is 4. The van der Waals surface area contributed by atoms with E-state index in [2.05, 4.69) is 25.2 Å². The maximum Gasteiger partial charge on any atom is 0.266 e. The van der Waals surface area contributed by atoms with Crippen LogP contribution in [0.2, 0.25) is 0 Å². The summed E-state index contributed by atoms with van der Waals surface area (Å²) in [6, 6.07) is 5.46. The van der Waals surface area contributed by atoms with Crippen molar-refractivity contribution >= 4 is 38.6 Å².